The number of hydrogen-bond acceptors (Lipinski definition) is 3. The van der Waals surface area contributed by atoms with E-state index in [1.54, 1.807) is 16.9 Å². The summed E-state index contributed by atoms with van der Waals surface area (Å²) in [6.45, 7) is 3.91. The molecule has 0 aliphatic heterocycles. The van der Waals surface area contributed by atoms with Gasteiger partial charge in [-0.05, 0) is 37.6 Å². The Labute approximate surface area is 106 Å². The van der Waals surface area contributed by atoms with Crippen LogP contribution in [0.2, 0.25) is 0 Å². The highest BCUT2D eigenvalue weighted by molar-refractivity contribution is 5.80. The van der Waals surface area contributed by atoms with E-state index in [0.29, 0.717) is 11.3 Å². The van der Waals surface area contributed by atoms with E-state index in [9.17, 15) is 4.79 Å². The normalized spacial score (nSPS) is 10.7. The molecule has 94 valence electrons. The molecule has 4 heteroatoms. The molecule has 18 heavy (non-hydrogen) atoms. The number of aryl methyl sites for hydroxylation is 1. The van der Waals surface area contributed by atoms with Crippen molar-refractivity contribution >= 4 is 6.29 Å². The van der Waals surface area contributed by atoms with Gasteiger partial charge in [0, 0.05) is 24.4 Å². The van der Waals surface area contributed by atoms with E-state index >= 15 is 0 Å². The molecule has 1 heterocycles. The zero-order valence-corrected chi connectivity index (χ0v) is 10.8. The Morgan fingerprint density at radius 1 is 1.28 bits per heavy atom. The molecule has 0 aliphatic carbocycles. The molecular formula is C14H16N2O2. The molecular weight excluding hydrogens is 228 g/mol. The molecule has 0 unspecified atom stereocenters. The van der Waals surface area contributed by atoms with Gasteiger partial charge in [0.2, 0.25) is 0 Å². The first-order valence-corrected chi connectivity index (χ1v) is 5.84. The third kappa shape index (κ3) is 2.77. The van der Waals surface area contributed by atoms with Crippen molar-refractivity contribution in [3.63, 3.8) is 0 Å². The molecule has 0 aliphatic rings. The van der Waals surface area contributed by atoms with E-state index in [-0.39, 0.29) is 6.10 Å². The van der Waals surface area contributed by atoms with Gasteiger partial charge in [0.05, 0.1) is 12.3 Å². The Balaban J connectivity index is 2.43. The van der Waals surface area contributed by atoms with Gasteiger partial charge in [-0.1, -0.05) is 0 Å². The molecule has 1 aromatic heterocycles. The number of carbonyl (C=O) groups is 1. The lowest BCUT2D eigenvalue weighted by atomic mass is 10.1. The van der Waals surface area contributed by atoms with Crippen molar-refractivity contribution in [2.45, 2.75) is 20.0 Å². The Kier molecular flexibility index (Phi) is 3.46. The Hall–Kier alpha value is -2.10. The van der Waals surface area contributed by atoms with E-state index in [0.717, 1.165) is 17.4 Å². The van der Waals surface area contributed by atoms with Crippen LogP contribution in [0.3, 0.4) is 0 Å². The van der Waals surface area contributed by atoms with Crippen LogP contribution in [0.25, 0.3) is 11.1 Å². The monoisotopic (exact) mass is 244 g/mol. The Morgan fingerprint density at radius 3 is 2.61 bits per heavy atom. The van der Waals surface area contributed by atoms with Crippen molar-refractivity contribution in [1.82, 2.24) is 9.78 Å². The summed E-state index contributed by atoms with van der Waals surface area (Å²) >= 11 is 0. The highest BCUT2D eigenvalue weighted by Gasteiger charge is 2.06. The van der Waals surface area contributed by atoms with E-state index < -0.39 is 0 Å². The number of hydrogen-bond donors (Lipinski definition) is 0. The largest absolute Gasteiger partial charge is 0.491 e. The molecule has 0 bridgehead atoms. The van der Waals surface area contributed by atoms with Crippen LogP contribution in [-0.4, -0.2) is 22.2 Å². The number of carbonyl (C=O) groups excluding carboxylic acids is 1. The van der Waals surface area contributed by atoms with E-state index in [1.807, 2.05) is 39.2 Å². The second kappa shape index (κ2) is 5.04. The van der Waals surface area contributed by atoms with Crippen molar-refractivity contribution in [1.29, 1.82) is 0 Å². The molecule has 0 radical (unpaired) electrons. The fourth-order valence-electron chi connectivity index (χ4n) is 1.77. The minimum atomic E-state index is 0.0775. The van der Waals surface area contributed by atoms with Crippen LogP contribution in [0.15, 0.2) is 30.6 Å². The summed E-state index contributed by atoms with van der Waals surface area (Å²) < 4.78 is 7.37. The predicted octanol–water partition coefficient (Wildman–Crippen LogP) is 2.69. The van der Waals surface area contributed by atoms with Crippen molar-refractivity contribution < 1.29 is 9.53 Å². The molecule has 0 spiro atoms. The highest BCUT2D eigenvalue weighted by Crippen LogP contribution is 2.25. The summed E-state index contributed by atoms with van der Waals surface area (Å²) in [6, 6.07) is 5.49. The molecule has 0 amide bonds. The molecule has 0 N–H and O–H groups in total. The molecule has 0 atom stereocenters. The smallest absolute Gasteiger partial charge is 0.150 e. The number of aldehydes is 1. The predicted molar refractivity (Wildman–Crippen MR) is 69.8 cm³/mol. The maximum Gasteiger partial charge on any atom is 0.150 e. The molecule has 2 aromatic rings. The number of ether oxygens (including phenoxy) is 1. The lowest BCUT2D eigenvalue weighted by Gasteiger charge is -2.11. The summed E-state index contributed by atoms with van der Waals surface area (Å²) in [5.74, 6) is 0.702. The SMILES string of the molecule is CC(C)Oc1cc(C=O)cc(-c2cnn(C)c2)c1. The summed E-state index contributed by atoms with van der Waals surface area (Å²) in [4.78, 5) is 11.0. The van der Waals surface area contributed by atoms with E-state index in [2.05, 4.69) is 5.10 Å². The third-order valence-electron chi connectivity index (χ3n) is 2.47. The molecule has 2 rings (SSSR count). The van der Waals surface area contributed by atoms with Gasteiger partial charge in [-0.2, -0.15) is 5.10 Å². The van der Waals surface area contributed by atoms with E-state index in [1.165, 1.54) is 0 Å². The van der Waals surface area contributed by atoms with E-state index in [4.69, 9.17) is 4.74 Å². The van der Waals surface area contributed by atoms with Crippen LogP contribution in [-0.2, 0) is 7.05 Å². The number of nitrogens with zero attached hydrogens (tertiary/aromatic N) is 2. The maximum absolute atomic E-state index is 11.0. The van der Waals surface area contributed by atoms with Crippen molar-refractivity contribution in [3.05, 3.63) is 36.2 Å². The van der Waals surface area contributed by atoms with Gasteiger partial charge in [0.15, 0.2) is 0 Å². The van der Waals surface area contributed by atoms with Crippen LogP contribution in [0.5, 0.6) is 5.75 Å². The van der Waals surface area contributed by atoms with Gasteiger partial charge in [-0.3, -0.25) is 9.48 Å². The third-order valence-corrected chi connectivity index (χ3v) is 2.47. The first-order chi connectivity index (χ1) is 8.58. The van der Waals surface area contributed by atoms with Crippen LogP contribution >= 0.6 is 0 Å². The van der Waals surface area contributed by atoms with Crippen LogP contribution in [0, 0.1) is 0 Å². The second-order valence-corrected chi connectivity index (χ2v) is 4.48. The summed E-state index contributed by atoms with van der Waals surface area (Å²) in [7, 11) is 1.86. The zero-order valence-electron chi connectivity index (χ0n) is 10.8. The van der Waals surface area contributed by atoms with Crippen LogP contribution in [0.4, 0.5) is 0 Å². The fourth-order valence-corrected chi connectivity index (χ4v) is 1.77. The highest BCUT2D eigenvalue weighted by atomic mass is 16.5. The minimum Gasteiger partial charge on any atom is -0.491 e. The number of rotatable bonds is 4. The molecule has 1 aromatic carbocycles. The van der Waals surface area contributed by atoms with Gasteiger partial charge in [-0.15, -0.1) is 0 Å². The summed E-state index contributed by atoms with van der Waals surface area (Å²) in [5, 5.41) is 4.13. The quantitative estimate of drug-likeness (QED) is 0.777. The number of benzene rings is 1. The summed E-state index contributed by atoms with van der Waals surface area (Å²) in [6.07, 6.45) is 4.58. The maximum atomic E-state index is 11.0. The average molecular weight is 244 g/mol. The lowest BCUT2D eigenvalue weighted by Crippen LogP contribution is -2.05. The fraction of sp³-hybridized carbons (Fsp3) is 0.286. The summed E-state index contributed by atoms with van der Waals surface area (Å²) in [5.41, 5.74) is 2.50. The standard InChI is InChI=1S/C14H16N2O2/c1-10(2)18-14-5-11(9-17)4-12(6-14)13-7-15-16(3)8-13/h4-10H,1-3H3. The topological polar surface area (TPSA) is 44.1 Å². The van der Waals surface area contributed by atoms with Gasteiger partial charge in [0.25, 0.3) is 0 Å². The van der Waals surface area contributed by atoms with Crippen molar-refractivity contribution in [3.8, 4) is 16.9 Å². The average Bonchev–Trinajstić information content (AvgIpc) is 2.74. The van der Waals surface area contributed by atoms with Gasteiger partial charge in [0.1, 0.15) is 12.0 Å². The molecule has 0 saturated carbocycles. The number of aromatic nitrogens is 2. The van der Waals surface area contributed by atoms with Gasteiger partial charge in [-0.25, -0.2) is 0 Å². The Bertz CT molecular complexity index is 559. The van der Waals surface area contributed by atoms with Crippen LogP contribution in [0.1, 0.15) is 24.2 Å². The first-order valence-electron chi connectivity index (χ1n) is 5.84. The Morgan fingerprint density at radius 2 is 2.06 bits per heavy atom. The zero-order chi connectivity index (χ0) is 13.1. The first kappa shape index (κ1) is 12.4. The van der Waals surface area contributed by atoms with Gasteiger partial charge >= 0.3 is 0 Å². The van der Waals surface area contributed by atoms with Crippen molar-refractivity contribution in [2.75, 3.05) is 0 Å². The second-order valence-electron chi connectivity index (χ2n) is 4.48. The van der Waals surface area contributed by atoms with Gasteiger partial charge < -0.3 is 4.74 Å². The van der Waals surface area contributed by atoms with Crippen molar-refractivity contribution in [2.24, 2.45) is 7.05 Å². The lowest BCUT2D eigenvalue weighted by molar-refractivity contribution is 0.112. The minimum absolute atomic E-state index is 0.0775. The molecule has 0 saturated heterocycles. The molecule has 4 nitrogen and oxygen atoms in total. The molecule has 0 fully saturated rings. The van der Waals surface area contributed by atoms with Crippen LogP contribution < -0.4 is 4.74 Å².